The third-order valence-electron chi connectivity index (χ3n) is 4.22. The van der Waals surface area contributed by atoms with E-state index >= 15 is 0 Å². The minimum Gasteiger partial charge on any atom is -0.347 e. The summed E-state index contributed by atoms with van der Waals surface area (Å²) in [4.78, 5) is 26.9. The smallest absolute Gasteiger partial charge is 0.241 e. The lowest BCUT2D eigenvalue weighted by atomic mass is 10.2. The molecule has 2 rings (SSSR count). The van der Waals surface area contributed by atoms with E-state index in [2.05, 4.69) is 10.4 Å². The zero-order chi connectivity index (χ0) is 19.3. The van der Waals surface area contributed by atoms with Crippen LogP contribution in [0.3, 0.4) is 0 Å². The number of carbonyl (C=O) groups excluding carboxylic acids is 2. The van der Waals surface area contributed by atoms with E-state index in [4.69, 9.17) is 0 Å². The summed E-state index contributed by atoms with van der Waals surface area (Å²) in [7, 11) is 5.21. The van der Waals surface area contributed by atoms with Crippen molar-refractivity contribution >= 4 is 11.8 Å². The molecule has 2 amide bonds. The van der Waals surface area contributed by atoms with Gasteiger partial charge in [-0.25, -0.2) is 4.68 Å². The Balaban J connectivity index is 1.99. The van der Waals surface area contributed by atoms with Gasteiger partial charge in [0.05, 0.1) is 24.5 Å². The van der Waals surface area contributed by atoms with Crippen molar-refractivity contribution in [2.45, 2.75) is 20.4 Å². The van der Waals surface area contributed by atoms with E-state index in [1.807, 2.05) is 60.8 Å². The van der Waals surface area contributed by atoms with E-state index < -0.39 is 0 Å². The number of amides is 2. The largest absolute Gasteiger partial charge is 0.347 e. The molecule has 0 radical (unpaired) electrons. The Bertz CT molecular complexity index is 768. The van der Waals surface area contributed by atoms with Crippen molar-refractivity contribution in [2.75, 3.05) is 34.2 Å². The van der Waals surface area contributed by atoms with Crippen molar-refractivity contribution < 1.29 is 9.59 Å². The van der Waals surface area contributed by atoms with Gasteiger partial charge in [0, 0.05) is 31.9 Å². The number of benzene rings is 1. The van der Waals surface area contributed by atoms with Gasteiger partial charge in [-0.15, -0.1) is 0 Å². The normalized spacial score (nSPS) is 10.8. The van der Waals surface area contributed by atoms with Crippen LogP contribution in [0.1, 0.15) is 17.0 Å². The molecule has 0 fully saturated rings. The Kier molecular flexibility index (Phi) is 6.52. The van der Waals surface area contributed by atoms with Crippen molar-refractivity contribution in [3.8, 4) is 5.69 Å². The molecule has 2 aromatic rings. The Labute approximate surface area is 154 Å². The fraction of sp³-hybridized carbons (Fsp3) is 0.421. The average molecular weight is 357 g/mol. The van der Waals surface area contributed by atoms with Crippen LogP contribution in [0.5, 0.6) is 0 Å². The zero-order valence-corrected chi connectivity index (χ0v) is 16.1. The van der Waals surface area contributed by atoms with Gasteiger partial charge in [-0.05, 0) is 33.0 Å². The van der Waals surface area contributed by atoms with Crippen molar-refractivity contribution in [3.05, 3.63) is 47.3 Å². The summed E-state index contributed by atoms with van der Waals surface area (Å²) < 4.78 is 1.92. The Morgan fingerprint density at radius 2 is 1.77 bits per heavy atom. The van der Waals surface area contributed by atoms with Crippen LogP contribution < -0.4 is 5.32 Å². The fourth-order valence-corrected chi connectivity index (χ4v) is 2.68. The van der Waals surface area contributed by atoms with Gasteiger partial charge in [0.15, 0.2) is 0 Å². The Morgan fingerprint density at radius 1 is 1.12 bits per heavy atom. The number of likely N-dealkylation sites (N-methyl/N-ethyl adjacent to an activating group) is 2. The molecule has 1 heterocycles. The van der Waals surface area contributed by atoms with E-state index in [-0.39, 0.29) is 24.9 Å². The molecule has 0 aliphatic heterocycles. The molecular formula is C19H27N5O2. The molecule has 0 saturated carbocycles. The highest BCUT2D eigenvalue weighted by Gasteiger charge is 2.16. The molecule has 0 spiro atoms. The molecule has 0 aliphatic carbocycles. The number of para-hydroxylation sites is 1. The number of nitrogens with zero attached hydrogens (tertiary/aromatic N) is 4. The molecule has 0 atom stereocenters. The SMILES string of the molecule is Cc1nn(-c2ccccc2)c(C)c1CN(C)CC(=O)NCC(=O)N(C)C. The first kappa shape index (κ1) is 19.7. The summed E-state index contributed by atoms with van der Waals surface area (Å²) in [5.74, 6) is -0.301. The molecule has 0 saturated heterocycles. The quantitative estimate of drug-likeness (QED) is 0.806. The second kappa shape index (κ2) is 8.62. The predicted octanol–water partition coefficient (Wildman–Crippen LogP) is 1.13. The fourth-order valence-electron chi connectivity index (χ4n) is 2.68. The van der Waals surface area contributed by atoms with Gasteiger partial charge in [0.1, 0.15) is 0 Å². The van der Waals surface area contributed by atoms with E-state index in [1.165, 1.54) is 4.90 Å². The number of aromatic nitrogens is 2. The van der Waals surface area contributed by atoms with Crippen molar-refractivity contribution in [1.82, 2.24) is 24.9 Å². The summed E-state index contributed by atoms with van der Waals surface area (Å²) in [6.07, 6.45) is 0. The lowest BCUT2D eigenvalue weighted by Crippen LogP contribution is -2.40. The molecule has 1 N–H and O–H groups in total. The monoisotopic (exact) mass is 357 g/mol. The highest BCUT2D eigenvalue weighted by atomic mass is 16.2. The van der Waals surface area contributed by atoms with E-state index in [0.29, 0.717) is 6.54 Å². The lowest BCUT2D eigenvalue weighted by molar-refractivity contribution is -0.131. The van der Waals surface area contributed by atoms with Gasteiger partial charge < -0.3 is 10.2 Å². The van der Waals surface area contributed by atoms with Gasteiger partial charge in [-0.1, -0.05) is 18.2 Å². The third-order valence-corrected chi connectivity index (χ3v) is 4.22. The van der Waals surface area contributed by atoms with Crippen LogP contribution in [-0.2, 0) is 16.1 Å². The standard InChI is InChI=1S/C19H27N5O2/c1-14-17(15(2)24(21-14)16-9-7-6-8-10-16)12-23(5)13-18(25)20-11-19(26)22(3)4/h6-10H,11-13H2,1-5H3,(H,20,25). The van der Waals surface area contributed by atoms with E-state index in [1.54, 1.807) is 14.1 Å². The number of nitrogens with one attached hydrogen (secondary N) is 1. The maximum absolute atomic E-state index is 12.0. The number of hydrogen-bond acceptors (Lipinski definition) is 4. The summed E-state index contributed by atoms with van der Waals surface area (Å²) in [5.41, 5.74) is 4.13. The molecular weight excluding hydrogens is 330 g/mol. The average Bonchev–Trinajstić information content (AvgIpc) is 2.88. The van der Waals surface area contributed by atoms with Gasteiger partial charge >= 0.3 is 0 Å². The van der Waals surface area contributed by atoms with Gasteiger partial charge in [-0.3, -0.25) is 14.5 Å². The summed E-state index contributed by atoms with van der Waals surface area (Å²) in [5, 5.41) is 7.28. The predicted molar refractivity (Wildman–Crippen MR) is 101 cm³/mol. The van der Waals surface area contributed by atoms with Gasteiger partial charge in [0.25, 0.3) is 0 Å². The topological polar surface area (TPSA) is 70.5 Å². The summed E-state index contributed by atoms with van der Waals surface area (Å²) in [6.45, 7) is 4.86. The van der Waals surface area contributed by atoms with Crippen LogP contribution >= 0.6 is 0 Å². The van der Waals surface area contributed by atoms with Crippen molar-refractivity contribution in [3.63, 3.8) is 0 Å². The molecule has 26 heavy (non-hydrogen) atoms. The molecule has 7 nitrogen and oxygen atoms in total. The first-order valence-corrected chi connectivity index (χ1v) is 8.55. The molecule has 1 aromatic heterocycles. The molecule has 1 aromatic carbocycles. The second-order valence-corrected chi connectivity index (χ2v) is 6.63. The summed E-state index contributed by atoms with van der Waals surface area (Å²) in [6, 6.07) is 9.97. The molecule has 7 heteroatoms. The third kappa shape index (κ3) is 4.92. The van der Waals surface area contributed by atoms with Crippen molar-refractivity contribution in [1.29, 1.82) is 0 Å². The zero-order valence-electron chi connectivity index (χ0n) is 16.1. The lowest BCUT2D eigenvalue weighted by Gasteiger charge is -2.17. The Morgan fingerprint density at radius 3 is 2.38 bits per heavy atom. The maximum Gasteiger partial charge on any atom is 0.241 e. The first-order valence-electron chi connectivity index (χ1n) is 8.55. The van der Waals surface area contributed by atoms with Gasteiger partial charge in [0.2, 0.25) is 11.8 Å². The van der Waals surface area contributed by atoms with Crippen LogP contribution in [0.4, 0.5) is 0 Å². The minimum absolute atomic E-state index is 0.0175. The Hall–Kier alpha value is -2.67. The van der Waals surface area contributed by atoms with Crippen LogP contribution in [0.2, 0.25) is 0 Å². The highest BCUT2D eigenvalue weighted by molar-refractivity contribution is 5.85. The van der Waals surface area contributed by atoms with Gasteiger partial charge in [-0.2, -0.15) is 5.10 Å². The molecule has 0 aliphatic rings. The van der Waals surface area contributed by atoms with Crippen molar-refractivity contribution in [2.24, 2.45) is 0 Å². The van der Waals surface area contributed by atoms with Crippen LogP contribution in [0.25, 0.3) is 5.69 Å². The number of carbonyl (C=O) groups is 2. The maximum atomic E-state index is 12.0. The summed E-state index contributed by atoms with van der Waals surface area (Å²) >= 11 is 0. The van der Waals surface area contributed by atoms with E-state index in [9.17, 15) is 9.59 Å². The first-order chi connectivity index (χ1) is 12.3. The van der Waals surface area contributed by atoms with Crippen LogP contribution in [0, 0.1) is 13.8 Å². The number of rotatable bonds is 7. The van der Waals surface area contributed by atoms with E-state index in [0.717, 1.165) is 22.6 Å². The molecule has 0 unspecified atom stereocenters. The van der Waals surface area contributed by atoms with Crippen LogP contribution in [0.15, 0.2) is 30.3 Å². The molecule has 140 valence electrons. The highest BCUT2D eigenvalue weighted by Crippen LogP contribution is 2.19. The number of hydrogen-bond donors (Lipinski definition) is 1. The van der Waals surface area contributed by atoms with Crippen LogP contribution in [-0.4, -0.2) is 65.6 Å². The molecule has 0 bridgehead atoms. The second-order valence-electron chi connectivity index (χ2n) is 6.63. The minimum atomic E-state index is -0.173. The number of aryl methyl sites for hydroxylation is 1.